The standard InChI is InChI=1S/C19H24N2O3/c1-21(12-15-6-8-24-13-15)19(22)16-3-4-18(23-2)17(10-16)9-14-5-7-20-11-14/h3-4,6,8,10,13-14,20H,5,7,9,11-12H2,1-2H3. The monoisotopic (exact) mass is 328 g/mol. The van der Waals surface area contributed by atoms with Crippen molar-refractivity contribution in [2.45, 2.75) is 19.4 Å². The maximum Gasteiger partial charge on any atom is 0.253 e. The summed E-state index contributed by atoms with van der Waals surface area (Å²) < 4.78 is 10.5. The Morgan fingerprint density at radius 2 is 2.29 bits per heavy atom. The number of rotatable bonds is 6. The van der Waals surface area contributed by atoms with Gasteiger partial charge >= 0.3 is 0 Å². The summed E-state index contributed by atoms with van der Waals surface area (Å²) in [7, 11) is 3.48. The number of nitrogens with one attached hydrogen (secondary N) is 1. The first kappa shape index (κ1) is 16.6. The number of ether oxygens (including phenoxy) is 1. The molecule has 5 heteroatoms. The molecule has 0 saturated carbocycles. The number of furan rings is 1. The molecule has 2 aromatic rings. The Bertz CT molecular complexity index is 676. The van der Waals surface area contributed by atoms with Crippen molar-refractivity contribution in [1.82, 2.24) is 10.2 Å². The van der Waals surface area contributed by atoms with Gasteiger partial charge < -0.3 is 19.4 Å². The van der Waals surface area contributed by atoms with E-state index in [0.29, 0.717) is 18.0 Å². The molecule has 1 amide bonds. The van der Waals surface area contributed by atoms with Crippen molar-refractivity contribution in [3.63, 3.8) is 0 Å². The van der Waals surface area contributed by atoms with Crippen molar-refractivity contribution >= 4 is 5.91 Å². The molecule has 2 heterocycles. The van der Waals surface area contributed by atoms with Gasteiger partial charge in [-0.05, 0) is 61.7 Å². The number of hydrogen-bond acceptors (Lipinski definition) is 4. The summed E-state index contributed by atoms with van der Waals surface area (Å²) in [6.07, 6.45) is 5.38. The second-order valence-corrected chi connectivity index (χ2v) is 6.38. The Labute approximate surface area is 142 Å². The van der Waals surface area contributed by atoms with Crippen LogP contribution < -0.4 is 10.1 Å². The first-order chi connectivity index (χ1) is 11.7. The molecule has 3 rings (SSSR count). The number of hydrogen-bond donors (Lipinski definition) is 1. The summed E-state index contributed by atoms with van der Waals surface area (Å²) in [5, 5.41) is 3.39. The Balaban J connectivity index is 1.75. The summed E-state index contributed by atoms with van der Waals surface area (Å²) in [4.78, 5) is 14.4. The molecule has 1 aromatic carbocycles. The smallest absolute Gasteiger partial charge is 0.253 e. The minimum absolute atomic E-state index is 0.00431. The third-order valence-electron chi connectivity index (χ3n) is 4.54. The van der Waals surface area contributed by atoms with Crippen molar-refractivity contribution in [3.8, 4) is 5.75 Å². The Kier molecular flexibility index (Phi) is 5.20. The Morgan fingerprint density at radius 3 is 2.96 bits per heavy atom. The molecule has 1 atom stereocenters. The van der Waals surface area contributed by atoms with E-state index in [2.05, 4.69) is 5.32 Å². The molecule has 0 aliphatic carbocycles. The van der Waals surface area contributed by atoms with Crippen LogP contribution in [0.2, 0.25) is 0 Å². The molecule has 0 spiro atoms. The number of nitrogens with zero attached hydrogens (tertiary/aromatic N) is 1. The van der Waals surface area contributed by atoms with Gasteiger partial charge in [0, 0.05) is 24.7 Å². The fourth-order valence-electron chi connectivity index (χ4n) is 3.22. The number of methoxy groups -OCH3 is 1. The largest absolute Gasteiger partial charge is 0.496 e. The lowest BCUT2D eigenvalue weighted by Crippen LogP contribution is -2.26. The number of amides is 1. The molecule has 1 N–H and O–H groups in total. The van der Waals surface area contributed by atoms with Crippen LogP contribution in [0, 0.1) is 5.92 Å². The minimum Gasteiger partial charge on any atom is -0.496 e. The van der Waals surface area contributed by atoms with Crippen LogP contribution in [0.1, 0.15) is 27.9 Å². The molecule has 1 fully saturated rings. The maximum absolute atomic E-state index is 12.7. The van der Waals surface area contributed by atoms with Crippen molar-refractivity contribution in [1.29, 1.82) is 0 Å². The van der Waals surface area contributed by atoms with E-state index in [9.17, 15) is 4.79 Å². The van der Waals surface area contributed by atoms with E-state index in [1.54, 1.807) is 31.6 Å². The molecule has 1 aliphatic rings. The van der Waals surface area contributed by atoms with Crippen LogP contribution in [-0.2, 0) is 13.0 Å². The summed E-state index contributed by atoms with van der Waals surface area (Å²) in [6, 6.07) is 7.59. The van der Waals surface area contributed by atoms with Crippen LogP contribution in [0.5, 0.6) is 5.75 Å². The van der Waals surface area contributed by atoms with E-state index in [1.807, 2.05) is 24.3 Å². The molecule has 1 saturated heterocycles. The van der Waals surface area contributed by atoms with Gasteiger partial charge in [0.05, 0.1) is 19.6 Å². The topological polar surface area (TPSA) is 54.7 Å². The SMILES string of the molecule is COc1ccc(C(=O)N(C)Cc2ccoc2)cc1CC1CCNC1. The first-order valence-electron chi connectivity index (χ1n) is 8.31. The van der Waals surface area contributed by atoms with Crippen LogP contribution in [0.4, 0.5) is 0 Å². The maximum atomic E-state index is 12.7. The zero-order chi connectivity index (χ0) is 16.9. The van der Waals surface area contributed by atoms with Gasteiger partial charge in [-0.3, -0.25) is 4.79 Å². The fourth-order valence-corrected chi connectivity index (χ4v) is 3.22. The lowest BCUT2D eigenvalue weighted by atomic mass is 9.96. The fraction of sp³-hybridized carbons (Fsp3) is 0.421. The second-order valence-electron chi connectivity index (χ2n) is 6.38. The van der Waals surface area contributed by atoms with Gasteiger partial charge in [0.25, 0.3) is 5.91 Å². The quantitative estimate of drug-likeness (QED) is 0.886. The van der Waals surface area contributed by atoms with Gasteiger partial charge in [-0.1, -0.05) is 0 Å². The summed E-state index contributed by atoms with van der Waals surface area (Å²) in [6.45, 7) is 2.63. The highest BCUT2D eigenvalue weighted by Gasteiger charge is 2.19. The Morgan fingerprint density at radius 1 is 1.42 bits per heavy atom. The van der Waals surface area contributed by atoms with Crippen molar-refractivity contribution in [2.75, 3.05) is 27.2 Å². The van der Waals surface area contributed by atoms with Gasteiger partial charge in [-0.25, -0.2) is 0 Å². The molecule has 1 unspecified atom stereocenters. The zero-order valence-corrected chi connectivity index (χ0v) is 14.2. The number of carbonyl (C=O) groups excluding carboxylic acids is 1. The van der Waals surface area contributed by atoms with Gasteiger partial charge in [0.2, 0.25) is 0 Å². The second kappa shape index (κ2) is 7.53. The first-order valence-corrected chi connectivity index (χ1v) is 8.31. The highest BCUT2D eigenvalue weighted by molar-refractivity contribution is 5.94. The van der Waals surface area contributed by atoms with Crippen LogP contribution in [0.25, 0.3) is 0 Å². The normalized spacial score (nSPS) is 17.0. The average molecular weight is 328 g/mol. The minimum atomic E-state index is 0.00431. The summed E-state index contributed by atoms with van der Waals surface area (Å²) in [5.41, 5.74) is 2.79. The third-order valence-corrected chi connectivity index (χ3v) is 4.54. The molecule has 128 valence electrons. The van der Waals surface area contributed by atoms with E-state index in [1.165, 1.54) is 6.42 Å². The highest BCUT2D eigenvalue weighted by atomic mass is 16.5. The van der Waals surface area contributed by atoms with Crippen LogP contribution >= 0.6 is 0 Å². The molecular formula is C19H24N2O3. The van der Waals surface area contributed by atoms with E-state index >= 15 is 0 Å². The number of carbonyl (C=O) groups is 1. The van der Waals surface area contributed by atoms with Crippen LogP contribution in [-0.4, -0.2) is 38.1 Å². The van der Waals surface area contributed by atoms with Crippen molar-refractivity contribution in [3.05, 3.63) is 53.5 Å². The summed E-state index contributed by atoms with van der Waals surface area (Å²) in [5.74, 6) is 1.47. The van der Waals surface area contributed by atoms with Gasteiger partial charge in [0.15, 0.2) is 0 Å². The van der Waals surface area contributed by atoms with E-state index in [0.717, 1.165) is 36.4 Å². The molecule has 1 aliphatic heterocycles. The van der Waals surface area contributed by atoms with Crippen LogP contribution in [0.15, 0.2) is 41.2 Å². The van der Waals surface area contributed by atoms with Crippen LogP contribution in [0.3, 0.4) is 0 Å². The molecule has 5 nitrogen and oxygen atoms in total. The average Bonchev–Trinajstić information content (AvgIpc) is 3.28. The van der Waals surface area contributed by atoms with E-state index in [4.69, 9.17) is 9.15 Å². The lowest BCUT2D eigenvalue weighted by molar-refractivity contribution is 0.0784. The van der Waals surface area contributed by atoms with Crippen molar-refractivity contribution in [2.24, 2.45) is 5.92 Å². The van der Waals surface area contributed by atoms with E-state index in [-0.39, 0.29) is 5.91 Å². The molecule has 1 aromatic heterocycles. The molecular weight excluding hydrogens is 304 g/mol. The predicted octanol–water partition coefficient (Wildman–Crippen LogP) is 2.71. The molecule has 0 bridgehead atoms. The van der Waals surface area contributed by atoms with Gasteiger partial charge in [-0.15, -0.1) is 0 Å². The Hall–Kier alpha value is -2.27. The van der Waals surface area contributed by atoms with Crippen molar-refractivity contribution < 1.29 is 13.9 Å². The highest BCUT2D eigenvalue weighted by Crippen LogP contribution is 2.26. The van der Waals surface area contributed by atoms with E-state index < -0.39 is 0 Å². The third kappa shape index (κ3) is 3.79. The predicted molar refractivity (Wildman–Crippen MR) is 92.2 cm³/mol. The summed E-state index contributed by atoms with van der Waals surface area (Å²) >= 11 is 0. The molecule has 24 heavy (non-hydrogen) atoms. The van der Waals surface area contributed by atoms with Gasteiger partial charge in [0.1, 0.15) is 5.75 Å². The molecule has 0 radical (unpaired) electrons. The van der Waals surface area contributed by atoms with Gasteiger partial charge in [-0.2, -0.15) is 0 Å². The number of benzene rings is 1. The lowest BCUT2D eigenvalue weighted by Gasteiger charge is -2.18. The zero-order valence-electron chi connectivity index (χ0n) is 14.2.